The van der Waals surface area contributed by atoms with E-state index in [9.17, 15) is 0 Å². The van der Waals surface area contributed by atoms with Gasteiger partial charge in [0, 0.05) is 5.54 Å². The average Bonchev–Trinajstić information content (AvgIpc) is 2.28. The summed E-state index contributed by atoms with van der Waals surface area (Å²) in [6, 6.07) is 4.04. The number of benzene rings is 1. The van der Waals surface area contributed by atoms with Gasteiger partial charge in [0.2, 0.25) is 0 Å². The van der Waals surface area contributed by atoms with Gasteiger partial charge >= 0.3 is 0 Å². The standard InChI is InChI=1S/C13H19NO2/c1-4-13(3,14)10-8-12-11(7-9(10)2)15-5-6-16-12/h7-8H,4-6,14H2,1-3H3. The third-order valence-electron chi connectivity index (χ3n) is 3.24. The van der Waals surface area contributed by atoms with E-state index in [-0.39, 0.29) is 5.54 Å². The maximum Gasteiger partial charge on any atom is 0.161 e. The van der Waals surface area contributed by atoms with E-state index in [2.05, 4.69) is 13.8 Å². The molecule has 3 nitrogen and oxygen atoms in total. The second-order valence-corrected chi connectivity index (χ2v) is 4.58. The van der Waals surface area contributed by atoms with Gasteiger partial charge in [-0.1, -0.05) is 6.92 Å². The predicted molar refractivity (Wildman–Crippen MR) is 64.0 cm³/mol. The van der Waals surface area contributed by atoms with Gasteiger partial charge in [-0.3, -0.25) is 0 Å². The van der Waals surface area contributed by atoms with Crippen LogP contribution >= 0.6 is 0 Å². The van der Waals surface area contributed by atoms with Crippen LogP contribution in [0.15, 0.2) is 12.1 Å². The molecule has 2 rings (SSSR count). The Balaban J connectivity index is 2.47. The monoisotopic (exact) mass is 221 g/mol. The summed E-state index contributed by atoms with van der Waals surface area (Å²) in [6.07, 6.45) is 0.896. The third kappa shape index (κ3) is 1.87. The maximum absolute atomic E-state index is 6.27. The average molecular weight is 221 g/mol. The molecule has 88 valence electrons. The van der Waals surface area contributed by atoms with Crippen molar-refractivity contribution < 1.29 is 9.47 Å². The summed E-state index contributed by atoms with van der Waals surface area (Å²) >= 11 is 0. The quantitative estimate of drug-likeness (QED) is 0.833. The molecule has 1 unspecified atom stereocenters. The van der Waals surface area contributed by atoms with Crippen molar-refractivity contribution in [2.24, 2.45) is 5.73 Å². The maximum atomic E-state index is 6.27. The summed E-state index contributed by atoms with van der Waals surface area (Å²) in [5.74, 6) is 1.65. The fourth-order valence-corrected chi connectivity index (χ4v) is 2.00. The molecule has 0 saturated heterocycles. The molecule has 0 amide bonds. The molecule has 0 saturated carbocycles. The van der Waals surface area contributed by atoms with Crippen LogP contribution in [0.5, 0.6) is 11.5 Å². The normalized spacial score (nSPS) is 18.0. The summed E-state index contributed by atoms with van der Waals surface area (Å²) in [7, 11) is 0. The van der Waals surface area contributed by atoms with Crippen molar-refractivity contribution in [2.75, 3.05) is 13.2 Å². The van der Waals surface area contributed by atoms with Crippen LogP contribution in [0.1, 0.15) is 31.4 Å². The van der Waals surface area contributed by atoms with Crippen LogP contribution in [0.25, 0.3) is 0 Å². The summed E-state index contributed by atoms with van der Waals surface area (Å²) in [5.41, 5.74) is 8.27. The Bertz CT molecular complexity index is 399. The van der Waals surface area contributed by atoms with E-state index in [0.717, 1.165) is 29.0 Å². The second-order valence-electron chi connectivity index (χ2n) is 4.58. The molecular formula is C13H19NO2. The largest absolute Gasteiger partial charge is 0.486 e. The zero-order valence-corrected chi connectivity index (χ0v) is 10.2. The summed E-state index contributed by atoms with van der Waals surface area (Å²) in [6.45, 7) is 7.44. The van der Waals surface area contributed by atoms with Crippen molar-refractivity contribution in [1.82, 2.24) is 0 Å². The number of hydrogen-bond donors (Lipinski definition) is 1. The highest BCUT2D eigenvalue weighted by atomic mass is 16.6. The van der Waals surface area contributed by atoms with E-state index < -0.39 is 0 Å². The zero-order valence-electron chi connectivity index (χ0n) is 10.2. The van der Waals surface area contributed by atoms with E-state index >= 15 is 0 Å². The van der Waals surface area contributed by atoms with E-state index in [4.69, 9.17) is 15.2 Å². The van der Waals surface area contributed by atoms with Crippen molar-refractivity contribution in [3.63, 3.8) is 0 Å². The molecule has 0 bridgehead atoms. The number of fused-ring (bicyclic) bond motifs is 1. The summed E-state index contributed by atoms with van der Waals surface area (Å²) < 4.78 is 11.1. The number of rotatable bonds is 2. The van der Waals surface area contributed by atoms with Crippen LogP contribution in [-0.4, -0.2) is 13.2 Å². The molecule has 0 aliphatic carbocycles. The van der Waals surface area contributed by atoms with Gasteiger partial charge in [0.1, 0.15) is 13.2 Å². The molecule has 1 heterocycles. The van der Waals surface area contributed by atoms with Crippen LogP contribution < -0.4 is 15.2 Å². The first-order valence-electron chi connectivity index (χ1n) is 5.74. The highest BCUT2D eigenvalue weighted by Gasteiger charge is 2.24. The lowest BCUT2D eigenvalue weighted by Crippen LogP contribution is -2.33. The Kier molecular flexibility index (Phi) is 2.80. The van der Waals surface area contributed by atoms with Crippen molar-refractivity contribution in [2.45, 2.75) is 32.7 Å². The van der Waals surface area contributed by atoms with E-state index in [1.807, 2.05) is 19.1 Å². The number of nitrogens with two attached hydrogens (primary N) is 1. The van der Waals surface area contributed by atoms with Crippen LogP contribution in [0, 0.1) is 6.92 Å². The van der Waals surface area contributed by atoms with Gasteiger partial charge in [-0.05, 0) is 43.5 Å². The molecule has 16 heavy (non-hydrogen) atoms. The molecule has 1 aromatic rings. The first-order chi connectivity index (χ1) is 7.54. The molecule has 2 N–H and O–H groups in total. The molecule has 0 radical (unpaired) electrons. The Morgan fingerprint density at radius 1 is 1.25 bits per heavy atom. The smallest absolute Gasteiger partial charge is 0.161 e. The lowest BCUT2D eigenvalue weighted by atomic mass is 9.87. The summed E-state index contributed by atoms with van der Waals surface area (Å²) in [4.78, 5) is 0. The van der Waals surface area contributed by atoms with Crippen molar-refractivity contribution >= 4 is 0 Å². The van der Waals surface area contributed by atoms with Crippen LogP contribution in [0.3, 0.4) is 0 Å². The van der Waals surface area contributed by atoms with E-state index in [0.29, 0.717) is 13.2 Å². The molecule has 1 aliphatic heterocycles. The molecule has 1 aliphatic rings. The Morgan fingerprint density at radius 3 is 2.38 bits per heavy atom. The van der Waals surface area contributed by atoms with Gasteiger partial charge in [-0.25, -0.2) is 0 Å². The SMILES string of the molecule is CCC(C)(N)c1cc2c(cc1C)OCCO2. The lowest BCUT2D eigenvalue weighted by molar-refractivity contribution is 0.171. The molecule has 3 heteroatoms. The highest BCUT2D eigenvalue weighted by Crippen LogP contribution is 2.36. The van der Waals surface area contributed by atoms with Crippen LogP contribution in [0.2, 0.25) is 0 Å². The van der Waals surface area contributed by atoms with Gasteiger partial charge in [-0.2, -0.15) is 0 Å². The van der Waals surface area contributed by atoms with Gasteiger partial charge < -0.3 is 15.2 Å². The number of aryl methyl sites for hydroxylation is 1. The fourth-order valence-electron chi connectivity index (χ4n) is 2.00. The first kappa shape index (κ1) is 11.3. The minimum absolute atomic E-state index is 0.306. The topological polar surface area (TPSA) is 44.5 Å². The Morgan fingerprint density at radius 2 is 1.81 bits per heavy atom. The molecule has 1 atom stereocenters. The van der Waals surface area contributed by atoms with Gasteiger partial charge in [0.05, 0.1) is 0 Å². The Labute approximate surface area is 96.5 Å². The number of ether oxygens (including phenoxy) is 2. The van der Waals surface area contributed by atoms with Crippen molar-refractivity contribution in [1.29, 1.82) is 0 Å². The summed E-state index contributed by atoms with van der Waals surface area (Å²) in [5, 5.41) is 0. The minimum Gasteiger partial charge on any atom is -0.486 e. The van der Waals surface area contributed by atoms with Gasteiger partial charge in [0.25, 0.3) is 0 Å². The molecule has 0 spiro atoms. The Hall–Kier alpha value is -1.22. The molecule has 0 aromatic heterocycles. The van der Waals surface area contributed by atoms with Crippen LogP contribution in [-0.2, 0) is 5.54 Å². The minimum atomic E-state index is -0.306. The van der Waals surface area contributed by atoms with Crippen LogP contribution in [0.4, 0.5) is 0 Å². The second kappa shape index (κ2) is 3.98. The molecule has 1 aromatic carbocycles. The van der Waals surface area contributed by atoms with Crippen molar-refractivity contribution in [3.05, 3.63) is 23.3 Å². The fraction of sp³-hybridized carbons (Fsp3) is 0.538. The van der Waals surface area contributed by atoms with E-state index in [1.165, 1.54) is 0 Å². The molecule has 0 fully saturated rings. The highest BCUT2D eigenvalue weighted by molar-refractivity contribution is 5.49. The first-order valence-corrected chi connectivity index (χ1v) is 5.74. The zero-order chi connectivity index (χ0) is 11.8. The van der Waals surface area contributed by atoms with E-state index in [1.54, 1.807) is 0 Å². The van der Waals surface area contributed by atoms with Gasteiger partial charge in [0.15, 0.2) is 11.5 Å². The van der Waals surface area contributed by atoms with Crippen molar-refractivity contribution in [3.8, 4) is 11.5 Å². The number of hydrogen-bond acceptors (Lipinski definition) is 3. The predicted octanol–water partition coefficient (Wildman–Crippen LogP) is 2.35. The van der Waals surface area contributed by atoms with Gasteiger partial charge in [-0.15, -0.1) is 0 Å². The molecular weight excluding hydrogens is 202 g/mol. The third-order valence-corrected chi connectivity index (χ3v) is 3.24. The lowest BCUT2D eigenvalue weighted by Gasteiger charge is -2.28.